The highest BCUT2D eigenvalue weighted by molar-refractivity contribution is 5.92. The van der Waals surface area contributed by atoms with Gasteiger partial charge in [-0.25, -0.2) is 9.59 Å². The van der Waals surface area contributed by atoms with Crippen LogP contribution in [-0.4, -0.2) is 38.2 Å². The average molecular weight is 232 g/mol. The fourth-order valence-corrected chi connectivity index (χ4v) is 1.12. The quantitative estimate of drug-likeness (QED) is 0.398. The molecule has 1 heterocycles. The minimum atomic E-state index is -1.12. The van der Waals surface area contributed by atoms with Crippen molar-refractivity contribution in [3.8, 4) is 0 Å². The highest BCUT2D eigenvalue weighted by atomic mass is 16.8. The van der Waals surface area contributed by atoms with Gasteiger partial charge in [-0.15, -0.1) is 0 Å². The van der Waals surface area contributed by atoms with Crippen LogP contribution >= 0.6 is 0 Å². The Morgan fingerprint density at radius 1 is 1.44 bits per heavy atom. The Balaban J connectivity index is 0.00000106. The molecule has 0 saturated carbocycles. The molecular weight excluding hydrogens is 216 g/mol. The van der Waals surface area contributed by atoms with Gasteiger partial charge in [-0.05, 0) is 6.42 Å². The molecule has 1 aliphatic heterocycles. The van der Waals surface area contributed by atoms with Gasteiger partial charge in [0.15, 0.2) is 0 Å². The normalized spacial score (nSPS) is 20.3. The van der Waals surface area contributed by atoms with Crippen LogP contribution < -0.4 is 0 Å². The van der Waals surface area contributed by atoms with Gasteiger partial charge in [-0.3, -0.25) is 0 Å². The molecule has 1 rings (SSSR count). The summed E-state index contributed by atoms with van der Waals surface area (Å²) < 4.78 is 13.4. The molecule has 92 valence electrons. The summed E-state index contributed by atoms with van der Waals surface area (Å²) in [5.41, 5.74) is 0. The van der Waals surface area contributed by atoms with E-state index in [9.17, 15) is 14.4 Å². The lowest BCUT2D eigenvalue weighted by molar-refractivity contribution is -0.140. The Morgan fingerprint density at radius 2 is 2.06 bits per heavy atom. The minimum absolute atomic E-state index is 0.310. The number of carbonyl (C=O) groups excluding carboxylic acids is 3. The second-order valence-corrected chi connectivity index (χ2v) is 2.79. The van der Waals surface area contributed by atoms with Crippen molar-refractivity contribution in [1.82, 2.24) is 0 Å². The highest BCUT2D eigenvalue weighted by Gasteiger charge is 2.40. The SMILES string of the molecule is CC.COCCC(C=O)C1OC(=O)OC1=O. The first-order chi connectivity index (χ1) is 7.69. The maximum Gasteiger partial charge on any atom is 0.517 e. The average Bonchev–Trinajstić information content (AvgIpc) is 2.62. The van der Waals surface area contributed by atoms with Crippen molar-refractivity contribution < 1.29 is 28.6 Å². The molecule has 0 aromatic carbocycles. The number of ether oxygens (including phenoxy) is 3. The molecule has 0 aromatic rings. The molecular formula is C10H16O6. The van der Waals surface area contributed by atoms with Crippen LogP contribution in [0.5, 0.6) is 0 Å². The lowest BCUT2D eigenvalue weighted by atomic mass is 10.0. The van der Waals surface area contributed by atoms with E-state index in [4.69, 9.17) is 4.74 Å². The van der Waals surface area contributed by atoms with Crippen molar-refractivity contribution in [3.05, 3.63) is 0 Å². The molecule has 1 fully saturated rings. The fourth-order valence-electron chi connectivity index (χ4n) is 1.12. The molecule has 2 unspecified atom stereocenters. The standard InChI is InChI=1S/C8H10O6.C2H6/c1-12-3-2-5(4-9)6-7(10)14-8(11)13-6;1-2/h4-6H,2-3H2,1H3;1-2H3. The van der Waals surface area contributed by atoms with Crippen LogP contribution in [0.4, 0.5) is 4.79 Å². The Bertz CT molecular complexity index is 250. The van der Waals surface area contributed by atoms with Gasteiger partial charge in [0.25, 0.3) is 0 Å². The van der Waals surface area contributed by atoms with Gasteiger partial charge in [-0.2, -0.15) is 0 Å². The maximum absolute atomic E-state index is 11.0. The van der Waals surface area contributed by atoms with Crippen LogP contribution in [0.3, 0.4) is 0 Å². The predicted octanol–water partition coefficient (Wildman–Crippen LogP) is 0.926. The third-order valence-electron chi connectivity index (χ3n) is 1.86. The molecule has 1 saturated heterocycles. The van der Waals surface area contributed by atoms with Crippen molar-refractivity contribution in [3.63, 3.8) is 0 Å². The molecule has 0 aliphatic carbocycles. The highest BCUT2D eigenvalue weighted by Crippen LogP contribution is 2.18. The first-order valence-corrected chi connectivity index (χ1v) is 5.05. The number of hydrogen-bond acceptors (Lipinski definition) is 6. The van der Waals surface area contributed by atoms with E-state index in [0.717, 1.165) is 0 Å². The summed E-state index contributed by atoms with van der Waals surface area (Å²) in [4.78, 5) is 32.1. The zero-order valence-electron chi connectivity index (χ0n) is 9.60. The maximum atomic E-state index is 11.0. The molecule has 0 aromatic heterocycles. The zero-order chi connectivity index (χ0) is 12.6. The molecule has 0 bridgehead atoms. The molecule has 2 atom stereocenters. The molecule has 0 spiro atoms. The van der Waals surface area contributed by atoms with Crippen LogP contribution in [0.1, 0.15) is 20.3 Å². The fraction of sp³-hybridized carbons (Fsp3) is 0.700. The molecule has 16 heavy (non-hydrogen) atoms. The van der Waals surface area contributed by atoms with E-state index in [0.29, 0.717) is 19.3 Å². The molecule has 6 nitrogen and oxygen atoms in total. The Kier molecular flexibility index (Phi) is 7.11. The monoisotopic (exact) mass is 232 g/mol. The third kappa shape index (κ3) is 3.98. The van der Waals surface area contributed by atoms with Gasteiger partial charge < -0.3 is 19.0 Å². The van der Waals surface area contributed by atoms with Gasteiger partial charge in [0.2, 0.25) is 6.10 Å². The van der Waals surface area contributed by atoms with E-state index in [-0.39, 0.29) is 0 Å². The summed E-state index contributed by atoms with van der Waals surface area (Å²) in [5.74, 6) is -1.52. The molecule has 1 aliphatic rings. The largest absolute Gasteiger partial charge is 0.517 e. The molecule has 6 heteroatoms. The Morgan fingerprint density at radius 3 is 2.44 bits per heavy atom. The first kappa shape index (κ1) is 14.6. The molecule has 0 radical (unpaired) electrons. The van der Waals surface area contributed by atoms with Gasteiger partial charge in [0, 0.05) is 13.7 Å². The van der Waals surface area contributed by atoms with Crippen molar-refractivity contribution in [2.75, 3.05) is 13.7 Å². The minimum Gasteiger partial charge on any atom is -0.418 e. The van der Waals surface area contributed by atoms with Crippen molar-refractivity contribution in [2.45, 2.75) is 26.4 Å². The zero-order valence-corrected chi connectivity index (χ0v) is 9.60. The van der Waals surface area contributed by atoms with Crippen molar-refractivity contribution >= 4 is 18.4 Å². The smallest absolute Gasteiger partial charge is 0.418 e. The molecule has 0 amide bonds. The van der Waals surface area contributed by atoms with Gasteiger partial charge in [0.05, 0.1) is 5.92 Å². The second kappa shape index (κ2) is 7.81. The van der Waals surface area contributed by atoms with E-state index in [1.54, 1.807) is 0 Å². The number of cyclic esters (lactones) is 3. The van der Waals surface area contributed by atoms with E-state index < -0.39 is 24.1 Å². The summed E-state index contributed by atoms with van der Waals surface area (Å²) in [6.45, 7) is 4.31. The first-order valence-electron chi connectivity index (χ1n) is 5.05. The summed E-state index contributed by atoms with van der Waals surface area (Å²) in [6, 6.07) is 0. The van der Waals surface area contributed by atoms with E-state index in [2.05, 4.69) is 9.47 Å². The summed E-state index contributed by atoms with van der Waals surface area (Å²) in [6.07, 6.45) is -1.30. The van der Waals surface area contributed by atoms with Crippen LogP contribution in [0.2, 0.25) is 0 Å². The lowest BCUT2D eigenvalue weighted by Crippen LogP contribution is -2.29. The third-order valence-corrected chi connectivity index (χ3v) is 1.86. The van der Waals surface area contributed by atoms with Crippen molar-refractivity contribution in [2.24, 2.45) is 5.92 Å². The van der Waals surface area contributed by atoms with E-state index >= 15 is 0 Å². The molecule has 0 N–H and O–H groups in total. The number of esters is 1. The Labute approximate surface area is 93.8 Å². The predicted molar refractivity (Wildman–Crippen MR) is 53.8 cm³/mol. The van der Waals surface area contributed by atoms with Gasteiger partial charge >= 0.3 is 12.1 Å². The lowest BCUT2D eigenvalue weighted by Gasteiger charge is -2.11. The number of carbonyl (C=O) groups is 3. The summed E-state index contributed by atoms with van der Waals surface area (Å²) in [5, 5.41) is 0. The van der Waals surface area contributed by atoms with Crippen molar-refractivity contribution in [1.29, 1.82) is 0 Å². The van der Waals surface area contributed by atoms with E-state index in [1.807, 2.05) is 13.8 Å². The van der Waals surface area contributed by atoms with Crippen LogP contribution in [0.25, 0.3) is 0 Å². The summed E-state index contributed by atoms with van der Waals surface area (Å²) in [7, 11) is 1.47. The topological polar surface area (TPSA) is 78.9 Å². The Hall–Kier alpha value is -1.43. The van der Waals surface area contributed by atoms with Crippen LogP contribution in [0, 0.1) is 5.92 Å². The van der Waals surface area contributed by atoms with Crippen LogP contribution in [0.15, 0.2) is 0 Å². The number of methoxy groups -OCH3 is 1. The number of aldehydes is 1. The summed E-state index contributed by atoms with van der Waals surface area (Å²) >= 11 is 0. The van der Waals surface area contributed by atoms with E-state index in [1.165, 1.54) is 7.11 Å². The van der Waals surface area contributed by atoms with Gasteiger partial charge in [-0.1, -0.05) is 13.8 Å². The van der Waals surface area contributed by atoms with Crippen LogP contribution in [-0.2, 0) is 23.8 Å². The number of hydrogen-bond donors (Lipinski definition) is 0. The second-order valence-electron chi connectivity index (χ2n) is 2.79. The number of rotatable bonds is 5. The van der Waals surface area contributed by atoms with Gasteiger partial charge in [0.1, 0.15) is 6.29 Å².